The summed E-state index contributed by atoms with van der Waals surface area (Å²) in [4.78, 5) is 23.1. The van der Waals surface area contributed by atoms with Crippen molar-refractivity contribution in [2.24, 2.45) is 10.1 Å². The first kappa shape index (κ1) is 36.3. The fraction of sp³-hybridized carbons (Fsp3) is 0.220. The van der Waals surface area contributed by atoms with Gasteiger partial charge in [-0.3, -0.25) is 10.2 Å². The van der Waals surface area contributed by atoms with Gasteiger partial charge in [-0.05, 0) is 63.7 Å². The number of benzene rings is 5. The van der Waals surface area contributed by atoms with Gasteiger partial charge in [-0.15, -0.1) is 0 Å². The van der Waals surface area contributed by atoms with E-state index in [1.165, 1.54) is 0 Å². The first-order valence-corrected chi connectivity index (χ1v) is 17.9. The van der Waals surface area contributed by atoms with Crippen LogP contribution in [0.15, 0.2) is 148 Å². The summed E-state index contributed by atoms with van der Waals surface area (Å²) in [6.45, 7) is 0.913. The van der Waals surface area contributed by atoms with Gasteiger partial charge in [0.15, 0.2) is 11.6 Å². The molecule has 5 aromatic carbocycles. The van der Waals surface area contributed by atoms with Crippen molar-refractivity contribution in [1.29, 1.82) is 0 Å². The highest BCUT2D eigenvalue weighted by molar-refractivity contribution is 9.10. The van der Waals surface area contributed by atoms with Gasteiger partial charge in [0.1, 0.15) is 5.75 Å². The number of nitrogens with one attached hydrogen (secondary N) is 2. The van der Waals surface area contributed by atoms with Gasteiger partial charge in [-0.1, -0.05) is 124 Å². The number of carbonyl (C=O) groups excluding carboxylic acids is 1. The van der Waals surface area contributed by atoms with E-state index in [0.717, 1.165) is 26.7 Å². The molecule has 2 atom stereocenters. The summed E-state index contributed by atoms with van der Waals surface area (Å²) in [5.74, 6) is 0.504. The number of carbonyl (C=O) groups is 1. The monoisotopic (exact) mass is 758 g/mol. The van der Waals surface area contributed by atoms with Crippen molar-refractivity contribution in [3.05, 3.63) is 182 Å². The standard InChI is InChI=1S/C41H39BrN6O4/c42-37-19-10-8-16-32(37)26-41(40(50)47-44-28-36(29-12-3-1-4-13-29)30-14-5-2-6-15-30)38(35-18-9-7-17-33(35)27-45-48-43)52-39(46-41)31-20-22-34(23-21-31)51-25-11-24-49/h1-10,12-23,36,38,44,49H,11,24-28H2,(H,47,50)/t38-,41-/m0/s1. The van der Waals surface area contributed by atoms with Gasteiger partial charge in [-0.25, -0.2) is 10.4 Å². The summed E-state index contributed by atoms with van der Waals surface area (Å²) < 4.78 is 13.3. The molecular formula is C41H39BrN6O4. The minimum Gasteiger partial charge on any atom is -0.494 e. The number of hydrazine groups is 1. The quantitative estimate of drug-likeness (QED) is 0.0308. The van der Waals surface area contributed by atoms with Crippen LogP contribution in [-0.2, 0) is 22.5 Å². The van der Waals surface area contributed by atoms with Crippen LogP contribution in [0, 0.1) is 0 Å². The molecule has 0 aliphatic carbocycles. The number of halogens is 1. The summed E-state index contributed by atoms with van der Waals surface area (Å²) in [6.07, 6.45) is -0.178. The van der Waals surface area contributed by atoms with Crippen molar-refractivity contribution in [1.82, 2.24) is 10.9 Å². The van der Waals surface area contributed by atoms with Crippen LogP contribution in [0.3, 0.4) is 0 Å². The molecule has 11 heteroatoms. The molecule has 1 aliphatic rings. The molecule has 0 unspecified atom stereocenters. The molecule has 10 nitrogen and oxygen atoms in total. The lowest BCUT2D eigenvalue weighted by molar-refractivity contribution is -0.130. The number of amides is 1. The summed E-state index contributed by atoms with van der Waals surface area (Å²) in [5.41, 5.74) is 19.1. The third-order valence-electron chi connectivity index (χ3n) is 9.00. The van der Waals surface area contributed by atoms with E-state index in [4.69, 9.17) is 19.6 Å². The molecule has 5 aromatic rings. The predicted molar refractivity (Wildman–Crippen MR) is 205 cm³/mol. The van der Waals surface area contributed by atoms with Crippen LogP contribution in [0.2, 0.25) is 0 Å². The zero-order chi connectivity index (χ0) is 36.2. The molecule has 1 heterocycles. The molecule has 6 rings (SSSR count). The number of aliphatic hydroxyl groups is 1. The second kappa shape index (κ2) is 17.7. The van der Waals surface area contributed by atoms with Crippen molar-refractivity contribution in [3.63, 3.8) is 0 Å². The van der Waals surface area contributed by atoms with E-state index in [2.05, 4.69) is 61.1 Å². The lowest BCUT2D eigenvalue weighted by atomic mass is 9.80. The number of hydrogen-bond donors (Lipinski definition) is 3. The minimum atomic E-state index is -1.50. The number of azide groups is 1. The number of nitrogens with zero attached hydrogens (tertiary/aromatic N) is 4. The summed E-state index contributed by atoms with van der Waals surface area (Å²) in [6, 6.07) is 42.9. The first-order valence-electron chi connectivity index (χ1n) is 17.1. The molecule has 3 N–H and O–H groups in total. The van der Waals surface area contributed by atoms with Crippen LogP contribution in [0.1, 0.15) is 51.8 Å². The Balaban J connectivity index is 1.40. The van der Waals surface area contributed by atoms with E-state index >= 15 is 0 Å². The van der Waals surface area contributed by atoms with Crippen LogP contribution in [0.4, 0.5) is 0 Å². The maximum atomic E-state index is 14.9. The van der Waals surface area contributed by atoms with Crippen molar-refractivity contribution in [3.8, 4) is 5.75 Å². The van der Waals surface area contributed by atoms with Crippen molar-refractivity contribution < 1.29 is 19.4 Å². The van der Waals surface area contributed by atoms with Gasteiger partial charge < -0.3 is 14.6 Å². The molecule has 0 spiro atoms. The molecule has 0 bridgehead atoms. The SMILES string of the molecule is [N-]=[N+]=NCc1ccccc1[C@@H]1OC(c2ccc(OCCCO)cc2)=N[C@]1(Cc1ccccc1Br)C(=O)NNCC(c1ccccc1)c1ccccc1. The molecule has 0 radical (unpaired) electrons. The van der Waals surface area contributed by atoms with Crippen molar-refractivity contribution in [2.75, 3.05) is 19.8 Å². The fourth-order valence-electron chi connectivity index (χ4n) is 6.37. The third kappa shape index (κ3) is 8.53. The van der Waals surface area contributed by atoms with Gasteiger partial charge >= 0.3 is 0 Å². The molecule has 0 aromatic heterocycles. The Hall–Kier alpha value is -5.45. The summed E-state index contributed by atoms with van der Waals surface area (Å²) >= 11 is 3.70. The topological polar surface area (TPSA) is 141 Å². The van der Waals surface area contributed by atoms with Crippen LogP contribution in [0.5, 0.6) is 5.75 Å². The second-order valence-electron chi connectivity index (χ2n) is 12.4. The Morgan fingerprint density at radius 2 is 1.54 bits per heavy atom. The molecule has 52 heavy (non-hydrogen) atoms. The third-order valence-corrected chi connectivity index (χ3v) is 9.78. The van der Waals surface area contributed by atoms with E-state index < -0.39 is 11.6 Å². The van der Waals surface area contributed by atoms with E-state index in [9.17, 15) is 10.3 Å². The van der Waals surface area contributed by atoms with Crippen LogP contribution in [0.25, 0.3) is 10.4 Å². The molecular weight excluding hydrogens is 720 g/mol. The summed E-state index contributed by atoms with van der Waals surface area (Å²) in [7, 11) is 0. The zero-order valence-electron chi connectivity index (χ0n) is 28.4. The van der Waals surface area contributed by atoms with Gasteiger partial charge in [0.05, 0.1) is 13.2 Å². The Bertz CT molecular complexity index is 1980. The minimum absolute atomic E-state index is 0.0423. The molecule has 0 saturated heterocycles. The number of aliphatic imine (C=N–C) groups is 1. The number of ether oxygens (including phenoxy) is 2. The maximum absolute atomic E-state index is 14.9. The van der Waals surface area contributed by atoms with Crippen molar-refractivity contribution in [2.45, 2.75) is 36.9 Å². The van der Waals surface area contributed by atoms with E-state index in [-0.39, 0.29) is 31.4 Å². The van der Waals surface area contributed by atoms with Gasteiger partial charge in [0.25, 0.3) is 5.91 Å². The highest BCUT2D eigenvalue weighted by atomic mass is 79.9. The highest BCUT2D eigenvalue weighted by Crippen LogP contribution is 2.44. The highest BCUT2D eigenvalue weighted by Gasteiger charge is 2.54. The van der Waals surface area contributed by atoms with Gasteiger partial charge in [0, 0.05) is 46.9 Å². The van der Waals surface area contributed by atoms with Crippen LogP contribution >= 0.6 is 15.9 Å². The number of hydrogen-bond acceptors (Lipinski definition) is 7. The normalized spacial score (nSPS) is 16.4. The van der Waals surface area contributed by atoms with Crippen molar-refractivity contribution >= 4 is 27.7 Å². The molecule has 264 valence electrons. The van der Waals surface area contributed by atoms with Crippen LogP contribution < -0.4 is 15.6 Å². The van der Waals surface area contributed by atoms with E-state index in [0.29, 0.717) is 42.3 Å². The first-order chi connectivity index (χ1) is 25.5. The Labute approximate surface area is 311 Å². The maximum Gasteiger partial charge on any atom is 0.266 e. The molecule has 0 saturated carbocycles. The number of aliphatic hydroxyl groups excluding tert-OH is 1. The average Bonchev–Trinajstić information content (AvgIpc) is 3.58. The zero-order valence-corrected chi connectivity index (χ0v) is 30.0. The summed E-state index contributed by atoms with van der Waals surface area (Å²) in [5, 5.41) is 13.0. The predicted octanol–water partition coefficient (Wildman–Crippen LogP) is 7.97. The molecule has 0 fully saturated rings. The largest absolute Gasteiger partial charge is 0.494 e. The average molecular weight is 760 g/mol. The fourth-order valence-corrected chi connectivity index (χ4v) is 6.80. The second-order valence-corrected chi connectivity index (χ2v) is 13.2. The molecule has 1 amide bonds. The van der Waals surface area contributed by atoms with E-state index in [1.54, 1.807) is 0 Å². The lowest BCUT2D eigenvalue weighted by Gasteiger charge is -2.32. The Kier molecular flexibility index (Phi) is 12.3. The smallest absolute Gasteiger partial charge is 0.266 e. The molecule has 1 aliphatic heterocycles. The van der Waals surface area contributed by atoms with E-state index in [1.807, 2.05) is 109 Å². The van der Waals surface area contributed by atoms with Crippen LogP contribution in [-0.4, -0.2) is 42.2 Å². The van der Waals surface area contributed by atoms with Gasteiger partial charge in [-0.2, -0.15) is 0 Å². The Morgan fingerprint density at radius 1 is 0.904 bits per heavy atom. The number of rotatable bonds is 16. The Morgan fingerprint density at radius 3 is 2.19 bits per heavy atom. The lowest BCUT2D eigenvalue weighted by Crippen LogP contribution is -2.54. The van der Waals surface area contributed by atoms with Gasteiger partial charge in [0.2, 0.25) is 5.90 Å².